The molecule has 14 heteroatoms. The molecule has 10 N–H and O–H groups in total. The van der Waals surface area contributed by atoms with Crippen LogP contribution < -0.4 is 48.3 Å². The number of unbranched alkanes of at least 4 members (excludes halogenated alkanes) is 4. The molecule has 0 radical (unpaired) electrons. The molecule has 0 bridgehead atoms. The zero-order chi connectivity index (χ0) is 43.2. The van der Waals surface area contributed by atoms with Crippen LogP contribution in [0.1, 0.15) is 167 Å². The summed E-state index contributed by atoms with van der Waals surface area (Å²) in [6.07, 6.45) is 8.16. The Morgan fingerprint density at radius 1 is 0.429 bits per heavy atom. The highest BCUT2D eigenvalue weighted by Gasteiger charge is 2.28. The molecule has 5 amide bonds. The zero-order valence-corrected chi connectivity index (χ0v) is 37.7. The Labute approximate surface area is 340 Å². The van der Waals surface area contributed by atoms with Crippen molar-refractivity contribution in [2.75, 3.05) is 26.2 Å². The van der Waals surface area contributed by atoms with E-state index < -0.39 is 24.0 Å². The maximum absolute atomic E-state index is 13.8. The maximum atomic E-state index is 13.8. The summed E-state index contributed by atoms with van der Waals surface area (Å²) in [5.41, 5.74) is 4.97. The third-order valence-electron chi connectivity index (χ3n) is 8.79. The second-order valence-corrected chi connectivity index (χ2v) is 19.5. The minimum absolute atomic E-state index is 0.0213. The van der Waals surface area contributed by atoms with Gasteiger partial charge in [0.25, 0.3) is 0 Å². The number of carbonyl (C=O) groups excluding carboxylic acids is 5. The normalized spacial score (nSPS) is 14.7. The van der Waals surface area contributed by atoms with Gasteiger partial charge in [-0.25, -0.2) is 0 Å². The summed E-state index contributed by atoms with van der Waals surface area (Å²) in [6.45, 7) is 28.9. The van der Waals surface area contributed by atoms with Gasteiger partial charge in [-0.15, -0.1) is 0 Å². The topological polar surface area (TPSA) is 208 Å². The molecule has 0 aromatic carbocycles. The zero-order valence-electron chi connectivity index (χ0n) is 37.7. The van der Waals surface area contributed by atoms with E-state index in [1.807, 2.05) is 20.8 Å². The number of amides is 5. The summed E-state index contributed by atoms with van der Waals surface area (Å²) < 4.78 is 0. The molecule has 0 aliphatic heterocycles. The van der Waals surface area contributed by atoms with Gasteiger partial charge < -0.3 is 48.3 Å². The monoisotopic (exact) mass is 796 g/mol. The first-order chi connectivity index (χ1) is 25.7. The van der Waals surface area contributed by atoms with Gasteiger partial charge in [-0.3, -0.25) is 24.0 Å². The Morgan fingerprint density at radius 3 is 1.12 bits per heavy atom. The Balaban J connectivity index is 5.53. The second-order valence-electron chi connectivity index (χ2n) is 19.5. The van der Waals surface area contributed by atoms with Crippen molar-refractivity contribution < 1.29 is 24.0 Å². The highest BCUT2D eigenvalue weighted by atomic mass is 16.2. The van der Waals surface area contributed by atoms with Crippen LogP contribution in [0.4, 0.5) is 0 Å². The van der Waals surface area contributed by atoms with Crippen LogP contribution in [-0.2, 0) is 24.0 Å². The van der Waals surface area contributed by atoms with Crippen molar-refractivity contribution in [1.82, 2.24) is 42.5 Å². The van der Waals surface area contributed by atoms with E-state index in [0.29, 0.717) is 58.0 Å². The average molecular weight is 796 g/mol. The molecule has 4 unspecified atom stereocenters. The summed E-state index contributed by atoms with van der Waals surface area (Å²) in [6, 6.07) is -2.31. The Hall–Kier alpha value is -2.81. The third-order valence-corrected chi connectivity index (χ3v) is 8.79. The number of nitrogens with one attached hydrogen (secondary N) is 8. The van der Waals surface area contributed by atoms with Crippen LogP contribution in [0.25, 0.3) is 0 Å². The van der Waals surface area contributed by atoms with Crippen molar-refractivity contribution in [3.8, 4) is 0 Å². The van der Waals surface area contributed by atoms with E-state index in [1.54, 1.807) is 0 Å². The lowest BCUT2D eigenvalue weighted by Gasteiger charge is -2.30. The fourth-order valence-electron chi connectivity index (χ4n) is 6.15. The van der Waals surface area contributed by atoms with Gasteiger partial charge in [0.05, 0.1) is 12.1 Å². The molecule has 0 aromatic rings. The Bertz CT molecular complexity index is 1170. The summed E-state index contributed by atoms with van der Waals surface area (Å²) >= 11 is 0. The molecular formula is C42H85N9O5. The molecule has 56 heavy (non-hydrogen) atoms. The van der Waals surface area contributed by atoms with Crippen LogP contribution in [0.15, 0.2) is 0 Å². The molecular weight excluding hydrogens is 711 g/mol. The minimum atomic E-state index is -0.764. The van der Waals surface area contributed by atoms with Gasteiger partial charge in [-0.2, -0.15) is 0 Å². The molecule has 0 saturated carbocycles. The molecule has 0 saturated heterocycles. The van der Waals surface area contributed by atoms with Crippen molar-refractivity contribution in [1.29, 1.82) is 0 Å². The molecule has 0 aliphatic rings. The van der Waals surface area contributed by atoms with E-state index >= 15 is 0 Å². The first-order valence-corrected chi connectivity index (χ1v) is 21.2. The molecule has 0 heterocycles. The number of rotatable bonds is 28. The predicted octanol–water partition coefficient (Wildman–Crippen LogP) is 3.66. The van der Waals surface area contributed by atoms with Gasteiger partial charge in [-0.05, 0) is 160 Å². The first-order valence-electron chi connectivity index (χ1n) is 21.2. The Kier molecular flexibility index (Phi) is 24.9. The molecule has 0 rings (SSSR count). The van der Waals surface area contributed by atoms with Crippen molar-refractivity contribution >= 4 is 29.5 Å². The van der Waals surface area contributed by atoms with Gasteiger partial charge in [-0.1, -0.05) is 12.8 Å². The SMILES string of the molecule is CC(=O)NC(CCCCNC(=O)C(CCCCNC(=O)C(CCCCNC(C)(C)C)NC(C)(C)C)NC(=O)C(CCCCNC(C)(C)C)NC(C)(C)C)C(N)=O. The fraction of sp³-hybridized carbons (Fsp3) is 0.881. The van der Waals surface area contributed by atoms with Crippen molar-refractivity contribution in [2.45, 2.75) is 213 Å². The lowest BCUT2D eigenvalue weighted by atomic mass is 10.0. The van der Waals surface area contributed by atoms with Gasteiger partial charge in [0.2, 0.25) is 29.5 Å². The molecule has 0 spiro atoms. The van der Waals surface area contributed by atoms with E-state index in [1.165, 1.54) is 6.92 Å². The quantitative estimate of drug-likeness (QED) is 0.0529. The largest absolute Gasteiger partial charge is 0.368 e. The van der Waals surface area contributed by atoms with E-state index in [4.69, 9.17) is 5.73 Å². The van der Waals surface area contributed by atoms with Crippen LogP contribution in [0, 0.1) is 0 Å². The number of hydrogen-bond acceptors (Lipinski definition) is 9. The number of nitrogens with two attached hydrogens (primary N) is 1. The molecule has 0 aliphatic carbocycles. The van der Waals surface area contributed by atoms with Gasteiger partial charge in [0.1, 0.15) is 12.1 Å². The number of carbonyl (C=O) groups is 5. The maximum Gasteiger partial charge on any atom is 0.242 e. The van der Waals surface area contributed by atoms with E-state index in [0.717, 1.165) is 45.2 Å². The average Bonchev–Trinajstić information content (AvgIpc) is 3.02. The molecule has 14 nitrogen and oxygen atoms in total. The van der Waals surface area contributed by atoms with Crippen LogP contribution in [0.5, 0.6) is 0 Å². The number of primary amides is 1. The smallest absolute Gasteiger partial charge is 0.242 e. The highest BCUT2D eigenvalue weighted by molar-refractivity contribution is 5.90. The van der Waals surface area contributed by atoms with Crippen LogP contribution >= 0.6 is 0 Å². The van der Waals surface area contributed by atoms with Crippen LogP contribution in [-0.4, -0.2) is 102 Å². The van der Waals surface area contributed by atoms with Crippen molar-refractivity contribution in [3.63, 3.8) is 0 Å². The molecule has 0 fully saturated rings. The summed E-state index contributed by atoms with van der Waals surface area (Å²) in [5.74, 6) is -1.46. The highest BCUT2D eigenvalue weighted by Crippen LogP contribution is 2.12. The van der Waals surface area contributed by atoms with E-state index in [9.17, 15) is 24.0 Å². The molecule has 0 aromatic heterocycles. The lowest BCUT2D eigenvalue weighted by Crippen LogP contribution is -2.56. The van der Waals surface area contributed by atoms with Gasteiger partial charge in [0, 0.05) is 42.2 Å². The van der Waals surface area contributed by atoms with Gasteiger partial charge in [0.15, 0.2) is 0 Å². The molecule has 328 valence electrons. The summed E-state index contributed by atoms with van der Waals surface area (Å²) in [5, 5.41) is 25.6. The van der Waals surface area contributed by atoms with Crippen molar-refractivity contribution in [3.05, 3.63) is 0 Å². The van der Waals surface area contributed by atoms with Gasteiger partial charge >= 0.3 is 0 Å². The standard InChI is InChI=1S/C42H85N9O5/c1-30(52)48-31(35(43)53)22-14-18-26-44-36(54)32(49-38(56)34(51-42(11,12)13)25-17-21-29-47-40(5,6)7)23-15-19-27-45-37(55)33(50-41(8,9)10)24-16-20-28-46-39(2,3)4/h31-34,46-47,50-51H,14-29H2,1-13H3,(H2,43,53)(H,44,54)(H,45,55)(H,48,52)(H,49,56). The third kappa shape index (κ3) is 30.3. The lowest BCUT2D eigenvalue weighted by molar-refractivity contribution is -0.130. The predicted molar refractivity (Wildman–Crippen MR) is 229 cm³/mol. The molecule has 4 atom stereocenters. The number of hydrogen-bond donors (Lipinski definition) is 9. The van der Waals surface area contributed by atoms with Crippen LogP contribution in [0.3, 0.4) is 0 Å². The second kappa shape index (κ2) is 26.2. The van der Waals surface area contributed by atoms with Crippen LogP contribution in [0.2, 0.25) is 0 Å². The summed E-state index contributed by atoms with van der Waals surface area (Å²) in [7, 11) is 0. The van der Waals surface area contributed by atoms with E-state index in [2.05, 4.69) is 105 Å². The fourth-order valence-corrected chi connectivity index (χ4v) is 6.15. The first kappa shape index (κ1) is 53.2. The minimum Gasteiger partial charge on any atom is -0.368 e. The van der Waals surface area contributed by atoms with E-state index in [-0.39, 0.29) is 51.8 Å². The summed E-state index contributed by atoms with van der Waals surface area (Å²) in [4.78, 5) is 63.8. The Morgan fingerprint density at radius 2 is 0.768 bits per heavy atom. The van der Waals surface area contributed by atoms with Crippen molar-refractivity contribution in [2.24, 2.45) is 5.73 Å².